The Morgan fingerprint density at radius 1 is 1.50 bits per heavy atom. The number of aromatic nitrogens is 1. The fraction of sp³-hybridized carbons (Fsp3) is 0.500. The molecular weight excluding hydrogens is 268 g/mol. The predicted molar refractivity (Wildman–Crippen MR) is 68.3 cm³/mol. The minimum absolute atomic E-state index is 0.117. The Hall–Kier alpha value is -0.900. The van der Waals surface area contributed by atoms with Crippen molar-refractivity contribution in [2.75, 3.05) is 0 Å². The van der Waals surface area contributed by atoms with E-state index in [1.807, 2.05) is 6.92 Å². The summed E-state index contributed by atoms with van der Waals surface area (Å²) in [5.74, 6) is 0.352. The molecule has 1 N–H and O–H groups in total. The summed E-state index contributed by atoms with van der Waals surface area (Å²) in [5.41, 5.74) is 0.449. The van der Waals surface area contributed by atoms with Gasteiger partial charge in [0, 0.05) is 6.04 Å². The highest BCUT2D eigenvalue weighted by Crippen LogP contribution is 2.09. The Labute approximate surface area is 105 Å². The molecule has 0 bridgehead atoms. The molecule has 0 saturated heterocycles. The summed E-state index contributed by atoms with van der Waals surface area (Å²) in [6.07, 6.45) is 1.05. The number of carbonyl (C=O) groups excluding carboxylic acids is 1. The largest absolute Gasteiger partial charge is 0.348 e. The van der Waals surface area contributed by atoms with Crippen molar-refractivity contribution in [2.24, 2.45) is 5.92 Å². The quantitative estimate of drug-likeness (QED) is 0.864. The number of hydrogen-bond acceptors (Lipinski definition) is 2. The first-order valence-electron chi connectivity index (χ1n) is 5.48. The van der Waals surface area contributed by atoms with Crippen LogP contribution in [0.5, 0.6) is 0 Å². The maximum absolute atomic E-state index is 11.8. The third-order valence-corrected chi connectivity index (χ3v) is 3.25. The second kappa shape index (κ2) is 5.99. The molecule has 1 amide bonds. The summed E-state index contributed by atoms with van der Waals surface area (Å²) in [7, 11) is 0. The van der Waals surface area contributed by atoms with Gasteiger partial charge in [0.2, 0.25) is 0 Å². The van der Waals surface area contributed by atoms with E-state index in [9.17, 15) is 4.79 Å². The van der Waals surface area contributed by atoms with E-state index in [2.05, 4.69) is 40.1 Å². The summed E-state index contributed by atoms with van der Waals surface area (Å²) in [6.45, 7) is 6.26. The Bertz CT molecular complexity index is 368. The van der Waals surface area contributed by atoms with Crippen molar-refractivity contribution in [3.05, 3.63) is 28.5 Å². The van der Waals surface area contributed by atoms with E-state index in [1.165, 1.54) is 0 Å². The number of nitrogens with zero attached hydrogens (tertiary/aromatic N) is 1. The Morgan fingerprint density at radius 2 is 2.19 bits per heavy atom. The summed E-state index contributed by atoms with van der Waals surface area (Å²) in [4.78, 5) is 15.9. The number of halogens is 1. The molecule has 16 heavy (non-hydrogen) atoms. The third-order valence-electron chi connectivity index (χ3n) is 2.80. The van der Waals surface area contributed by atoms with E-state index in [4.69, 9.17) is 0 Å². The first kappa shape index (κ1) is 13.2. The van der Waals surface area contributed by atoms with E-state index in [1.54, 1.807) is 18.2 Å². The van der Waals surface area contributed by atoms with Crippen molar-refractivity contribution < 1.29 is 4.79 Å². The van der Waals surface area contributed by atoms with Gasteiger partial charge in [0.25, 0.3) is 5.91 Å². The zero-order valence-electron chi connectivity index (χ0n) is 9.83. The molecule has 2 atom stereocenters. The lowest BCUT2D eigenvalue weighted by molar-refractivity contribution is 0.0923. The van der Waals surface area contributed by atoms with E-state index >= 15 is 0 Å². The average molecular weight is 285 g/mol. The molecule has 0 saturated carbocycles. The zero-order valence-corrected chi connectivity index (χ0v) is 11.4. The smallest absolute Gasteiger partial charge is 0.270 e. The minimum atomic E-state index is -0.117. The van der Waals surface area contributed by atoms with Gasteiger partial charge in [-0.05, 0) is 40.9 Å². The second-order valence-corrected chi connectivity index (χ2v) is 4.81. The lowest BCUT2D eigenvalue weighted by Crippen LogP contribution is -2.37. The van der Waals surface area contributed by atoms with Gasteiger partial charge < -0.3 is 5.32 Å². The monoisotopic (exact) mass is 284 g/mol. The van der Waals surface area contributed by atoms with E-state index in [-0.39, 0.29) is 11.9 Å². The molecular formula is C12H17BrN2O. The lowest BCUT2D eigenvalue weighted by Gasteiger charge is -2.19. The molecule has 0 aromatic carbocycles. The first-order chi connectivity index (χ1) is 7.54. The van der Waals surface area contributed by atoms with Crippen LogP contribution in [-0.2, 0) is 0 Å². The van der Waals surface area contributed by atoms with Crippen molar-refractivity contribution in [1.82, 2.24) is 10.3 Å². The Kier molecular flexibility index (Phi) is 4.93. The van der Waals surface area contributed by atoms with Crippen molar-refractivity contribution >= 4 is 21.8 Å². The fourth-order valence-corrected chi connectivity index (χ4v) is 1.65. The van der Waals surface area contributed by atoms with Crippen LogP contribution in [0.15, 0.2) is 22.8 Å². The Balaban J connectivity index is 2.66. The van der Waals surface area contributed by atoms with Crippen LogP contribution in [0.3, 0.4) is 0 Å². The lowest BCUT2D eigenvalue weighted by atomic mass is 10.0. The van der Waals surface area contributed by atoms with Gasteiger partial charge in [-0.3, -0.25) is 4.79 Å². The maximum Gasteiger partial charge on any atom is 0.270 e. The highest BCUT2D eigenvalue weighted by molar-refractivity contribution is 9.10. The number of amides is 1. The van der Waals surface area contributed by atoms with Gasteiger partial charge in [-0.1, -0.05) is 26.3 Å². The van der Waals surface area contributed by atoms with Crippen molar-refractivity contribution in [1.29, 1.82) is 0 Å². The van der Waals surface area contributed by atoms with Gasteiger partial charge in [0.15, 0.2) is 0 Å². The van der Waals surface area contributed by atoms with Crippen LogP contribution in [0.25, 0.3) is 0 Å². The van der Waals surface area contributed by atoms with Crippen LogP contribution < -0.4 is 5.32 Å². The van der Waals surface area contributed by atoms with Crippen molar-refractivity contribution in [2.45, 2.75) is 33.2 Å². The van der Waals surface area contributed by atoms with Crippen LogP contribution in [0.1, 0.15) is 37.7 Å². The minimum Gasteiger partial charge on any atom is -0.348 e. The second-order valence-electron chi connectivity index (χ2n) is 3.99. The molecule has 0 aliphatic carbocycles. The average Bonchev–Trinajstić information content (AvgIpc) is 2.27. The number of rotatable bonds is 4. The molecule has 88 valence electrons. The van der Waals surface area contributed by atoms with Crippen molar-refractivity contribution in [3.8, 4) is 0 Å². The molecule has 1 heterocycles. The van der Waals surface area contributed by atoms with Gasteiger partial charge in [0.1, 0.15) is 10.3 Å². The number of hydrogen-bond donors (Lipinski definition) is 1. The molecule has 3 nitrogen and oxygen atoms in total. The molecule has 4 heteroatoms. The van der Waals surface area contributed by atoms with E-state index in [0.29, 0.717) is 16.2 Å². The van der Waals surface area contributed by atoms with Gasteiger partial charge in [0.05, 0.1) is 0 Å². The molecule has 2 unspecified atom stereocenters. The normalized spacial score (nSPS) is 14.2. The molecule has 0 fully saturated rings. The molecule has 1 aromatic rings. The number of carbonyl (C=O) groups is 1. The highest BCUT2D eigenvalue weighted by Gasteiger charge is 2.15. The predicted octanol–water partition coefficient (Wildman–Crippen LogP) is 3.01. The molecule has 1 aromatic heterocycles. The summed E-state index contributed by atoms with van der Waals surface area (Å²) >= 11 is 3.25. The summed E-state index contributed by atoms with van der Waals surface area (Å²) < 4.78 is 0.677. The van der Waals surface area contributed by atoms with Gasteiger partial charge in [-0.25, -0.2) is 4.98 Å². The van der Waals surface area contributed by atoms with Crippen LogP contribution in [0.2, 0.25) is 0 Å². The maximum atomic E-state index is 11.8. The number of nitrogens with one attached hydrogen (secondary N) is 1. The van der Waals surface area contributed by atoms with Crippen LogP contribution in [0.4, 0.5) is 0 Å². The third kappa shape index (κ3) is 3.59. The first-order valence-corrected chi connectivity index (χ1v) is 6.27. The highest BCUT2D eigenvalue weighted by atomic mass is 79.9. The van der Waals surface area contributed by atoms with Crippen LogP contribution in [0, 0.1) is 5.92 Å². The van der Waals surface area contributed by atoms with Crippen molar-refractivity contribution in [3.63, 3.8) is 0 Å². The molecule has 1 rings (SSSR count). The van der Waals surface area contributed by atoms with Crippen LogP contribution in [-0.4, -0.2) is 16.9 Å². The fourth-order valence-electron chi connectivity index (χ4n) is 1.31. The van der Waals surface area contributed by atoms with E-state index in [0.717, 1.165) is 6.42 Å². The van der Waals surface area contributed by atoms with E-state index < -0.39 is 0 Å². The van der Waals surface area contributed by atoms with Gasteiger partial charge in [-0.2, -0.15) is 0 Å². The zero-order chi connectivity index (χ0) is 12.1. The Morgan fingerprint density at radius 3 is 2.75 bits per heavy atom. The summed E-state index contributed by atoms with van der Waals surface area (Å²) in [5, 5.41) is 2.95. The number of pyridine rings is 1. The van der Waals surface area contributed by atoms with Gasteiger partial charge >= 0.3 is 0 Å². The van der Waals surface area contributed by atoms with Gasteiger partial charge in [-0.15, -0.1) is 0 Å². The molecule has 0 aliphatic heterocycles. The van der Waals surface area contributed by atoms with Crippen LogP contribution >= 0.6 is 15.9 Å². The standard InChI is InChI=1S/C12H17BrN2O/c1-4-8(2)9(3)14-12(16)10-6-5-7-11(13)15-10/h5-9H,4H2,1-3H3,(H,14,16). The molecule has 0 spiro atoms. The topological polar surface area (TPSA) is 42.0 Å². The SMILES string of the molecule is CCC(C)C(C)NC(=O)c1cccc(Br)n1. The summed E-state index contributed by atoms with van der Waals surface area (Å²) in [6, 6.07) is 5.48. The molecule has 0 radical (unpaired) electrons. The molecule has 0 aliphatic rings.